The highest BCUT2D eigenvalue weighted by molar-refractivity contribution is 6.31. The molecule has 1 aromatic carbocycles. The van der Waals surface area contributed by atoms with E-state index in [-0.39, 0.29) is 5.41 Å². The van der Waals surface area contributed by atoms with Crippen LogP contribution < -0.4 is 0 Å². The number of aromatic nitrogens is 2. The molecule has 0 spiro atoms. The van der Waals surface area contributed by atoms with Gasteiger partial charge in [0, 0.05) is 57.6 Å². The summed E-state index contributed by atoms with van der Waals surface area (Å²) in [7, 11) is 0. The Labute approximate surface area is 170 Å². The summed E-state index contributed by atoms with van der Waals surface area (Å²) < 4.78 is 0. The van der Waals surface area contributed by atoms with E-state index in [4.69, 9.17) is 11.6 Å². The van der Waals surface area contributed by atoms with Crippen LogP contribution >= 0.6 is 11.6 Å². The summed E-state index contributed by atoms with van der Waals surface area (Å²) in [5.41, 5.74) is 3.49. The number of aromatic amines is 1. The van der Waals surface area contributed by atoms with Crippen LogP contribution in [0.25, 0.3) is 10.9 Å². The normalized spacial score (nSPS) is 26.8. The summed E-state index contributed by atoms with van der Waals surface area (Å²) in [6, 6.07) is 10.4. The summed E-state index contributed by atoms with van der Waals surface area (Å²) in [6.45, 7) is 6.25. The minimum absolute atomic E-state index is 0.193. The zero-order chi connectivity index (χ0) is 19.5. The Morgan fingerprint density at radius 3 is 3.04 bits per heavy atom. The number of hydrogen-bond donors (Lipinski definition) is 2. The Morgan fingerprint density at radius 2 is 2.25 bits per heavy atom. The van der Waals surface area contributed by atoms with Crippen LogP contribution in [-0.2, 0) is 11.0 Å². The molecule has 2 aliphatic heterocycles. The van der Waals surface area contributed by atoms with Gasteiger partial charge < -0.3 is 10.1 Å². The minimum atomic E-state index is -0.957. The number of aliphatic hydroxyl groups is 1. The zero-order valence-corrected chi connectivity index (χ0v) is 17.1. The molecule has 3 unspecified atom stereocenters. The molecule has 1 saturated heterocycles. The number of hydrogen-bond acceptors (Lipinski definition) is 3. The minimum Gasteiger partial charge on any atom is -0.385 e. The van der Waals surface area contributed by atoms with Crippen molar-refractivity contribution in [2.24, 2.45) is 0 Å². The van der Waals surface area contributed by atoms with E-state index in [1.165, 1.54) is 29.5 Å². The zero-order valence-electron chi connectivity index (χ0n) is 16.4. The van der Waals surface area contributed by atoms with Gasteiger partial charge in [-0.1, -0.05) is 24.6 Å². The number of fused-ring (bicyclic) bond motifs is 5. The van der Waals surface area contributed by atoms with Gasteiger partial charge in [0.2, 0.25) is 0 Å². The Balaban J connectivity index is 1.65. The molecule has 0 bridgehead atoms. The summed E-state index contributed by atoms with van der Waals surface area (Å²) in [5, 5.41) is 13.4. The van der Waals surface area contributed by atoms with Crippen LogP contribution in [0.2, 0.25) is 5.02 Å². The predicted octanol–water partition coefficient (Wildman–Crippen LogP) is 4.92. The fourth-order valence-electron chi connectivity index (χ4n) is 5.56. The van der Waals surface area contributed by atoms with Crippen molar-refractivity contribution >= 4 is 22.5 Å². The van der Waals surface area contributed by atoms with Crippen molar-refractivity contribution in [2.75, 3.05) is 13.1 Å². The highest BCUT2D eigenvalue weighted by Crippen LogP contribution is 2.51. The SMILES string of the molecule is CC(O)(CC1(C)CN2CCCC2c2c1[nH]c1ccc(Cl)cc21)c1cccnc1. The quantitative estimate of drug-likeness (QED) is 0.661. The average Bonchev–Trinajstić information content (AvgIpc) is 3.26. The number of benzene rings is 1. The van der Waals surface area contributed by atoms with Gasteiger partial charge >= 0.3 is 0 Å². The van der Waals surface area contributed by atoms with Gasteiger partial charge in [-0.15, -0.1) is 0 Å². The van der Waals surface area contributed by atoms with Crippen LogP contribution in [0, 0.1) is 0 Å². The van der Waals surface area contributed by atoms with Gasteiger partial charge in [0.1, 0.15) is 0 Å². The predicted molar refractivity (Wildman–Crippen MR) is 113 cm³/mol. The van der Waals surface area contributed by atoms with Gasteiger partial charge in [-0.2, -0.15) is 0 Å². The fraction of sp³-hybridized carbons (Fsp3) is 0.435. The number of halogens is 1. The van der Waals surface area contributed by atoms with Gasteiger partial charge in [0.15, 0.2) is 0 Å². The largest absolute Gasteiger partial charge is 0.385 e. The Bertz CT molecular complexity index is 1030. The second-order valence-corrected chi connectivity index (χ2v) is 9.42. The first-order valence-corrected chi connectivity index (χ1v) is 10.4. The molecule has 4 heterocycles. The van der Waals surface area contributed by atoms with Crippen LogP contribution in [0.3, 0.4) is 0 Å². The number of pyridine rings is 1. The van der Waals surface area contributed by atoms with Crippen LogP contribution in [0.4, 0.5) is 0 Å². The molecular formula is C23H26ClN3O. The highest BCUT2D eigenvalue weighted by atomic mass is 35.5. The van der Waals surface area contributed by atoms with E-state index >= 15 is 0 Å². The second-order valence-electron chi connectivity index (χ2n) is 8.99. The van der Waals surface area contributed by atoms with Crippen molar-refractivity contribution in [3.8, 4) is 0 Å². The molecule has 28 heavy (non-hydrogen) atoms. The van der Waals surface area contributed by atoms with Crippen LogP contribution in [0.1, 0.15) is 56.0 Å². The fourth-order valence-corrected chi connectivity index (χ4v) is 5.74. The maximum absolute atomic E-state index is 11.4. The van der Waals surface area contributed by atoms with Gasteiger partial charge in [0.25, 0.3) is 0 Å². The van der Waals surface area contributed by atoms with Crippen molar-refractivity contribution in [1.29, 1.82) is 0 Å². The molecule has 3 atom stereocenters. The lowest BCUT2D eigenvalue weighted by atomic mass is 9.70. The molecule has 4 nitrogen and oxygen atoms in total. The van der Waals surface area contributed by atoms with Crippen molar-refractivity contribution in [3.05, 3.63) is 64.6 Å². The van der Waals surface area contributed by atoms with E-state index in [1.807, 2.05) is 25.1 Å². The summed E-state index contributed by atoms with van der Waals surface area (Å²) in [6.07, 6.45) is 6.55. The summed E-state index contributed by atoms with van der Waals surface area (Å²) in [4.78, 5) is 10.5. The topological polar surface area (TPSA) is 52.1 Å². The van der Waals surface area contributed by atoms with E-state index in [9.17, 15) is 5.11 Å². The number of rotatable bonds is 3. The van der Waals surface area contributed by atoms with Crippen LogP contribution in [0.5, 0.6) is 0 Å². The molecule has 2 N–H and O–H groups in total. The maximum Gasteiger partial charge on any atom is 0.0892 e. The smallest absolute Gasteiger partial charge is 0.0892 e. The van der Waals surface area contributed by atoms with E-state index in [1.54, 1.807) is 12.4 Å². The monoisotopic (exact) mass is 395 g/mol. The molecule has 5 rings (SSSR count). The van der Waals surface area contributed by atoms with Crippen molar-refractivity contribution < 1.29 is 5.11 Å². The lowest BCUT2D eigenvalue weighted by Gasteiger charge is -2.45. The van der Waals surface area contributed by atoms with Crippen molar-refractivity contribution in [1.82, 2.24) is 14.9 Å². The van der Waals surface area contributed by atoms with Crippen molar-refractivity contribution in [2.45, 2.75) is 50.2 Å². The first kappa shape index (κ1) is 18.2. The molecule has 1 fully saturated rings. The van der Waals surface area contributed by atoms with Crippen molar-refractivity contribution in [3.63, 3.8) is 0 Å². The summed E-state index contributed by atoms with van der Waals surface area (Å²) >= 11 is 6.34. The lowest BCUT2D eigenvalue weighted by molar-refractivity contribution is 0.0102. The lowest BCUT2D eigenvalue weighted by Crippen LogP contribution is -2.47. The molecule has 2 aliphatic rings. The van der Waals surface area contributed by atoms with Crippen LogP contribution in [-0.4, -0.2) is 33.1 Å². The first-order chi connectivity index (χ1) is 13.4. The number of nitrogens with one attached hydrogen (secondary N) is 1. The molecule has 0 aliphatic carbocycles. The highest BCUT2D eigenvalue weighted by Gasteiger charge is 2.47. The Morgan fingerprint density at radius 1 is 1.39 bits per heavy atom. The molecule has 0 saturated carbocycles. The molecule has 0 radical (unpaired) electrons. The van der Waals surface area contributed by atoms with Gasteiger partial charge in [0.05, 0.1) is 5.60 Å². The molecule has 2 aromatic heterocycles. The van der Waals surface area contributed by atoms with Gasteiger partial charge in [-0.05, 0) is 62.6 Å². The molecular weight excluding hydrogens is 370 g/mol. The van der Waals surface area contributed by atoms with E-state index in [0.29, 0.717) is 12.5 Å². The Kier molecular flexibility index (Phi) is 4.10. The maximum atomic E-state index is 11.4. The van der Waals surface area contributed by atoms with Gasteiger partial charge in [-0.3, -0.25) is 9.88 Å². The number of H-pyrrole nitrogens is 1. The average molecular weight is 396 g/mol. The third-order valence-corrected chi connectivity index (χ3v) is 6.91. The second kappa shape index (κ2) is 6.31. The third kappa shape index (κ3) is 2.78. The van der Waals surface area contributed by atoms with E-state index in [0.717, 1.165) is 29.2 Å². The van der Waals surface area contributed by atoms with E-state index < -0.39 is 5.60 Å². The first-order valence-electron chi connectivity index (χ1n) is 10.1. The molecule has 3 aromatic rings. The molecule has 0 amide bonds. The standard InChI is InChI=1S/C23H26ClN3O/c1-22(13-23(2,28)15-5-3-9-25-12-15)14-27-10-4-6-19(27)20-17-11-16(24)7-8-18(17)26-21(20)22/h3,5,7-9,11-12,19,26,28H,4,6,10,13-14H2,1-2H3. The summed E-state index contributed by atoms with van der Waals surface area (Å²) in [5.74, 6) is 0. The Hall–Kier alpha value is -1.88. The molecule has 146 valence electrons. The molecule has 5 heteroatoms. The third-order valence-electron chi connectivity index (χ3n) is 6.67. The van der Waals surface area contributed by atoms with Gasteiger partial charge in [-0.25, -0.2) is 0 Å². The van der Waals surface area contributed by atoms with Crippen LogP contribution in [0.15, 0.2) is 42.7 Å². The number of nitrogens with zero attached hydrogens (tertiary/aromatic N) is 2. The van der Waals surface area contributed by atoms with E-state index in [2.05, 4.69) is 33.9 Å².